The predicted octanol–water partition coefficient (Wildman–Crippen LogP) is 6.18. The minimum atomic E-state index is -2.43. The van der Waals surface area contributed by atoms with E-state index in [0.717, 1.165) is 12.0 Å². The quantitative estimate of drug-likeness (QED) is 0.156. The molecule has 3 heterocycles. The molecule has 1 saturated carbocycles. The van der Waals surface area contributed by atoms with Crippen LogP contribution in [0, 0.1) is 35.5 Å². The van der Waals surface area contributed by atoms with E-state index in [-0.39, 0.29) is 54.8 Å². The number of hydrogen-bond acceptors (Lipinski definition) is 13. The average molecular weight is 914 g/mol. The molecule has 3 fully saturated rings. The lowest BCUT2D eigenvalue weighted by molar-refractivity contribution is -0.265. The van der Waals surface area contributed by atoms with Crippen LogP contribution in [0.25, 0.3) is 0 Å². The third-order valence-electron chi connectivity index (χ3n) is 14.5. The van der Waals surface area contributed by atoms with Crippen LogP contribution in [-0.4, -0.2) is 132 Å². The van der Waals surface area contributed by atoms with E-state index in [1.165, 1.54) is 12.0 Å². The van der Waals surface area contributed by atoms with Crippen molar-refractivity contribution < 1.29 is 63.0 Å². The van der Waals surface area contributed by atoms with E-state index in [9.17, 15) is 39.3 Å². The molecule has 1 aliphatic carbocycles. The lowest BCUT2D eigenvalue weighted by atomic mass is 9.78. The zero-order valence-electron chi connectivity index (χ0n) is 40.6. The van der Waals surface area contributed by atoms with E-state index in [0.29, 0.717) is 63.4 Å². The first-order valence-corrected chi connectivity index (χ1v) is 23.9. The number of hydrogen-bond donors (Lipinski definition) is 3. The minimum Gasteiger partial charge on any atom is -0.460 e. The van der Waals surface area contributed by atoms with Crippen LogP contribution in [-0.2, 0) is 47.7 Å². The van der Waals surface area contributed by atoms with Gasteiger partial charge in [0.25, 0.3) is 11.7 Å². The molecule has 14 nitrogen and oxygen atoms in total. The van der Waals surface area contributed by atoms with Gasteiger partial charge in [0.05, 0.1) is 24.4 Å². The fraction of sp³-hybridized carbons (Fsp3) is 0.745. The van der Waals surface area contributed by atoms with Gasteiger partial charge in [0.1, 0.15) is 30.1 Å². The average Bonchev–Trinajstić information content (AvgIpc) is 3.28. The van der Waals surface area contributed by atoms with Crippen molar-refractivity contribution in [2.45, 2.75) is 180 Å². The van der Waals surface area contributed by atoms with Gasteiger partial charge in [0.2, 0.25) is 5.79 Å². The van der Waals surface area contributed by atoms with Crippen molar-refractivity contribution in [3.8, 4) is 0 Å². The summed E-state index contributed by atoms with van der Waals surface area (Å²) in [6, 6.07) is -1.14. The SMILES string of the molecule is COC1C[C@H](C[C@@H](C)[C@@H]2CC(=O)[C@H](C)/C=C(\C)[C@@H](O)[C@@H](OC)C(=O)[C@H](C)C[C@H](C)/C=C/C=C/C=C(\C)[C@@H](OC)C[C@@H]3CC[C@@H](C)[C@@](O)(O3)C(=O)C(=O)N3CCCC[C@H]3C(=O)O2)CC[C@H]1O. The lowest BCUT2D eigenvalue weighted by Crippen LogP contribution is -2.61. The van der Waals surface area contributed by atoms with Crippen LogP contribution in [0.1, 0.15) is 126 Å². The maximum Gasteiger partial charge on any atom is 0.329 e. The Morgan fingerprint density at radius 1 is 0.846 bits per heavy atom. The summed E-state index contributed by atoms with van der Waals surface area (Å²) in [6.45, 7) is 12.7. The summed E-state index contributed by atoms with van der Waals surface area (Å²) >= 11 is 0. The Balaban J connectivity index is 1.70. The first kappa shape index (κ1) is 54.2. The summed E-state index contributed by atoms with van der Waals surface area (Å²) in [7, 11) is 4.52. The number of Topliss-reactive ketones (excluding diaryl/α,β-unsaturated/α-hetero) is 3. The molecule has 4 rings (SSSR count). The molecule has 14 heteroatoms. The highest BCUT2D eigenvalue weighted by molar-refractivity contribution is 6.39. The van der Waals surface area contributed by atoms with Crippen LogP contribution in [0.3, 0.4) is 0 Å². The number of ether oxygens (including phenoxy) is 5. The highest BCUT2D eigenvalue weighted by Crippen LogP contribution is 2.38. The molecule has 1 unspecified atom stereocenters. The molecule has 2 bridgehead atoms. The third-order valence-corrected chi connectivity index (χ3v) is 14.5. The number of carbonyl (C=O) groups is 5. The van der Waals surface area contributed by atoms with Gasteiger partial charge in [-0.1, -0.05) is 71.1 Å². The third kappa shape index (κ3) is 14.3. The summed E-state index contributed by atoms with van der Waals surface area (Å²) < 4.78 is 29.4. The van der Waals surface area contributed by atoms with Crippen LogP contribution in [0.2, 0.25) is 0 Å². The van der Waals surface area contributed by atoms with Crippen molar-refractivity contribution in [2.75, 3.05) is 27.9 Å². The number of allylic oxidation sites excluding steroid dienone is 6. The van der Waals surface area contributed by atoms with Crippen LogP contribution >= 0.6 is 0 Å². The summed E-state index contributed by atoms with van der Waals surface area (Å²) in [5.41, 5.74) is 1.27. The number of esters is 1. The maximum absolute atomic E-state index is 14.4. The van der Waals surface area contributed by atoms with E-state index in [2.05, 4.69) is 0 Å². The van der Waals surface area contributed by atoms with Gasteiger partial charge in [0, 0.05) is 58.5 Å². The highest BCUT2D eigenvalue weighted by atomic mass is 16.6. The Morgan fingerprint density at radius 2 is 1.57 bits per heavy atom. The fourth-order valence-electron chi connectivity index (χ4n) is 10.1. The number of carbonyl (C=O) groups excluding carboxylic acids is 5. The molecule has 1 amide bonds. The Kier molecular flexibility index (Phi) is 21.0. The number of piperidine rings is 1. The largest absolute Gasteiger partial charge is 0.460 e. The zero-order chi connectivity index (χ0) is 48.2. The van der Waals surface area contributed by atoms with Gasteiger partial charge in [-0.05, 0) is 107 Å². The first-order valence-electron chi connectivity index (χ1n) is 23.9. The second-order valence-corrected chi connectivity index (χ2v) is 19.6. The summed E-state index contributed by atoms with van der Waals surface area (Å²) in [5, 5.41) is 33.8. The van der Waals surface area contributed by atoms with E-state index < -0.39 is 83.9 Å². The minimum absolute atomic E-state index is 0.0193. The molecule has 0 spiro atoms. The van der Waals surface area contributed by atoms with Crippen molar-refractivity contribution in [3.63, 3.8) is 0 Å². The molecule has 0 aromatic carbocycles. The highest BCUT2D eigenvalue weighted by Gasteiger charge is 2.53. The fourth-order valence-corrected chi connectivity index (χ4v) is 10.1. The normalized spacial score (nSPS) is 40.4. The van der Waals surface area contributed by atoms with Gasteiger partial charge in [-0.25, -0.2) is 4.79 Å². The number of rotatable bonds is 6. The number of cyclic esters (lactones) is 1. The molecule has 0 radical (unpaired) electrons. The molecule has 0 aromatic heterocycles. The molecule has 366 valence electrons. The summed E-state index contributed by atoms with van der Waals surface area (Å²) in [4.78, 5) is 71.8. The van der Waals surface area contributed by atoms with Crippen molar-refractivity contribution in [1.82, 2.24) is 4.90 Å². The molecule has 2 saturated heterocycles. The standard InChI is InChI=1S/C51H79NO13/c1-30-16-12-11-13-17-31(2)42(61-8)28-38-21-19-36(7)51(60,65-38)48(57)49(58)52-23-15-14-18-39(52)50(59)64-43(33(4)26-37-20-22-40(53)44(27-37)62-9)29-41(54)32(3)25-35(6)46(56)47(63-10)45(55)34(5)24-30/h11-13,16-17,25,30,32-34,36-40,42-44,46-47,53,56,60H,14-15,18-24,26-29H2,1-10H3/b13-11+,16-12+,31-17+,35-25+/t30-,32-,33-,34-,36-,37+,38+,39+,40-,42+,43+,44?,46-,47+,51-/m1/s1. The summed E-state index contributed by atoms with van der Waals surface area (Å²) in [5.74, 6) is -7.96. The summed E-state index contributed by atoms with van der Waals surface area (Å²) in [6.07, 6.45) is 11.2. The van der Waals surface area contributed by atoms with Gasteiger partial charge in [-0.15, -0.1) is 0 Å². The Morgan fingerprint density at radius 3 is 2.25 bits per heavy atom. The molecule has 3 N–H and O–H groups in total. The Labute approximate surface area is 387 Å². The van der Waals surface area contributed by atoms with E-state index in [1.807, 2.05) is 58.1 Å². The number of ketones is 3. The smallest absolute Gasteiger partial charge is 0.329 e. The van der Waals surface area contributed by atoms with Gasteiger partial charge in [0.15, 0.2) is 5.78 Å². The Hall–Kier alpha value is -3.37. The van der Waals surface area contributed by atoms with Gasteiger partial charge < -0.3 is 43.9 Å². The number of fused-ring (bicyclic) bond motifs is 3. The van der Waals surface area contributed by atoms with Crippen LogP contribution < -0.4 is 0 Å². The number of aliphatic hydroxyl groups is 3. The number of methoxy groups -OCH3 is 3. The van der Waals surface area contributed by atoms with Gasteiger partial charge in [-0.2, -0.15) is 0 Å². The monoisotopic (exact) mass is 914 g/mol. The number of aliphatic hydroxyl groups excluding tert-OH is 2. The Bertz CT molecular complexity index is 1760. The lowest BCUT2D eigenvalue weighted by Gasteiger charge is -2.42. The molecule has 15 atom stereocenters. The van der Waals surface area contributed by atoms with Gasteiger partial charge in [-0.3, -0.25) is 19.2 Å². The molecule has 65 heavy (non-hydrogen) atoms. The number of amides is 1. The second kappa shape index (κ2) is 25.1. The number of nitrogens with zero attached hydrogens (tertiary/aromatic N) is 1. The topological polar surface area (TPSA) is 195 Å². The molecular formula is C51H79NO13. The maximum atomic E-state index is 14.4. The van der Waals surface area contributed by atoms with Gasteiger partial charge >= 0.3 is 5.97 Å². The predicted molar refractivity (Wildman–Crippen MR) is 245 cm³/mol. The first-order chi connectivity index (χ1) is 30.7. The van der Waals surface area contributed by atoms with E-state index in [1.54, 1.807) is 41.1 Å². The van der Waals surface area contributed by atoms with Crippen molar-refractivity contribution >= 4 is 29.2 Å². The zero-order valence-corrected chi connectivity index (χ0v) is 40.6. The van der Waals surface area contributed by atoms with Crippen molar-refractivity contribution in [3.05, 3.63) is 47.6 Å². The van der Waals surface area contributed by atoms with Crippen molar-refractivity contribution in [1.29, 1.82) is 0 Å². The molecule has 4 aliphatic rings. The second-order valence-electron chi connectivity index (χ2n) is 19.6. The van der Waals surface area contributed by atoms with Crippen molar-refractivity contribution in [2.24, 2.45) is 35.5 Å². The van der Waals surface area contributed by atoms with E-state index in [4.69, 9.17) is 23.7 Å². The van der Waals surface area contributed by atoms with Crippen LogP contribution in [0.15, 0.2) is 47.6 Å². The van der Waals surface area contributed by atoms with Crippen LogP contribution in [0.5, 0.6) is 0 Å². The van der Waals surface area contributed by atoms with E-state index >= 15 is 0 Å². The van der Waals surface area contributed by atoms with Crippen LogP contribution in [0.4, 0.5) is 0 Å². The molecular weight excluding hydrogens is 835 g/mol. The molecule has 0 aromatic rings. The molecule has 3 aliphatic heterocycles.